The number of allylic oxidation sites excluding steroid dienone is 17. The van der Waals surface area contributed by atoms with Crippen molar-refractivity contribution in [2.75, 3.05) is 13.2 Å². The number of rotatable bonds is 37. The van der Waals surface area contributed by atoms with Crippen LogP contribution in [-0.2, 0) is 23.9 Å². The summed E-state index contributed by atoms with van der Waals surface area (Å²) < 4.78 is 5.94. The van der Waals surface area contributed by atoms with Gasteiger partial charge in [0.25, 0.3) is 0 Å². The van der Waals surface area contributed by atoms with Crippen LogP contribution in [-0.4, -0.2) is 59.3 Å². The van der Waals surface area contributed by atoms with Gasteiger partial charge in [-0.25, -0.2) is 4.79 Å². The van der Waals surface area contributed by atoms with Crippen molar-refractivity contribution < 1.29 is 34.1 Å². The van der Waals surface area contributed by atoms with Gasteiger partial charge in [-0.2, -0.15) is 0 Å². The number of carboxylic acid groups (broad SMARTS) is 1. The number of carboxylic acids is 1. The predicted molar refractivity (Wildman–Crippen MR) is 240 cm³/mol. The SMILES string of the molecule is CC/C=C\C/C=C\C/C=C\C/C=C\C/C=C\CC(=O)OC(CCCC/C=C\C/C=C\C/C=C\C/C=C\CC)CCCCCCCC(=O)NCC(=O)NC(CO)C(=O)O. The topological polar surface area (TPSA) is 142 Å². The monoisotopic (exact) mass is 805 g/mol. The number of aliphatic carboxylic acids is 1. The van der Waals surface area contributed by atoms with E-state index in [4.69, 9.17) is 14.9 Å². The summed E-state index contributed by atoms with van der Waals surface area (Å²) in [5, 5.41) is 22.5. The molecule has 9 heteroatoms. The molecule has 0 radical (unpaired) electrons. The third-order valence-corrected chi connectivity index (χ3v) is 8.80. The lowest BCUT2D eigenvalue weighted by Gasteiger charge is -2.17. The van der Waals surface area contributed by atoms with E-state index in [1.54, 1.807) is 0 Å². The van der Waals surface area contributed by atoms with Crippen LogP contribution in [0.15, 0.2) is 109 Å². The van der Waals surface area contributed by atoms with Gasteiger partial charge in [-0.1, -0.05) is 142 Å². The summed E-state index contributed by atoms with van der Waals surface area (Å²) in [6, 6.07) is -1.40. The lowest BCUT2D eigenvalue weighted by atomic mass is 10.0. The maximum Gasteiger partial charge on any atom is 0.328 e. The molecule has 0 aromatic carbocycles. The van der Waals surface area contributed by atoms with Crippen molar-refractivity contribution in [3.05, 3.63) is 109 Å². The Kier molecular flexibility index (Phi) is 38.8. The van der Waals surface area contributed by atoms with E-state index in [2.05, 4.69) is 122 Å². The second-order valence-electron chi connectivity index (χ2n) is 14.0. The molecule has 324 valence electrons. The average molecular weight is 805 g/mol. The van der Waals surface area contributed by atoms with Crippen molar-refractivity contribution in [2.24, 2.45) is 0 Å². The van der Waals surface area contributed by atoms with E-state index in [1.165, 1.54) is 0 Å². The lowest BCUT2D eigenvalue weighted by Crippen LogP contribution is -2.47. The Morgan fingerprint density at radius 3 is 1.45 bits per heavy atom. The highest BCUT2D eigenvalue weighted by atomic mass is 16.5. The van der Waals surface area contributed by atoms with Gasteiger partial charge in [0, 0.05) is 6.42 Å². The quantitative estimate of drug-likeness (QED) is 0.0278. The van der Waals surface area contributed by atoms with E-state index >= 15 is 0 Å². The van der Waals surface area contributed by atoms with E-state index in [9.17, 15) is 19.2 Å². The molecule has 0 aliphatic rings. The smallest absolute Gasteiger partial charge is 0.328 e. The molecule has 2 atom stereocenters. The van der Waals surface area contributed by atoms with Crippen LogP contribution in [0.4, 0.5) is 0 Å². The van der Waals surface area contributed by atoms with E-state index in [1.807, 2.05) is 12.2 Å². The maximum absolute atomic E-state index is 12.7. The molecule has 0 saturated carbocycles. The summed E-state index contributed by atoms with van der Waals surface area (Å²) in [5.41, 5.74) is 0. The number of aliphatic hydroxyl groups is 1. The minimum Gasteiger partial charge on any atom is -0.480 e. The van der Waals surface area contributed by atoms with Gasteiger partial charge in [0.2, 0.25) is 11.8 Å². The first-order valence-electron chi connectivity index (χ1n) is 21.8. The number of unbranched alkanes of at least 4 members (excludes halogenated alkanes) is 6. The van der Waals surface area contributed by atoms with Crippen molar-refractivity contribution in [1.82, 2.24) is 10.6 Å². The molecule has 4 N–H and O–H groups in total. The van der Waals surface area contributed by atoms with Gasteiger partial charge in [0.1, 0.15) is 12.1 Å². The van der Waals surface area contributed by atoms with Crippen LogP contribution in [0.2, 0.25) is 0 Å². The molecule has 0 rings (SSSR count). The molecule has 0 aromatic heterocycles. The predicted octanol–water partition coefficient (Wildman–Crippen LogP) is 10.8. The average Bonchev–Trinajstić information content (AvgIpc) is 3.21. The summed E-state index contributed by atoms with van der Waals surface area (Å²) in [5.74, 6) is -2.49. The molecule has 0 heterocycles. The molecule has 0 spiro atoms. The molecule has 0 aliphatic heterocycles. The summed E-state index contributed by atoms with van der Waals surface area (Å²) in [4.78, 5) is 47.6. The Balaban J connectivity index is 4.60. The highest BCUT2D eigenvalue weighted by Gasteiger charge is 2.18. The zero-order valence-corrected chi connectivity index (χ0v) is 35.7. The molecule has 0 aliphatic carbocycles. The van der Waals surface area contributed by atoms with Crippen molar-refractivity contribution >= 4 is 23.8 Å². The molecule has 9 nitrogen and oxygen atoms in total. The van der Waals surface area contributed by atoms with Crippen LogP contribution < -0.4 is 10.6 Å². The Labute approximate surface area is 350 Å². The van der Waals surface area contributed by atoms with Crippen molar-refractivity contribution in [3.8, 4) is 0 Å². The normalized spacial score (nSPS) is 13.6. The van der Waals surface area contributed by atoms with Crippen molar-refractivity contribution in [2.45, 2.75) is 161 Å². The Hall–Kier alpha value is -4.50. The minimum absolute atomic E-state index is 0.115. The number of hydrogen-bond donors (Lipinski definition) is 4. The van der Waals surface area contributed by atoms with Gasteiger partial charge in [-0.3, -0.25) is 14.4 Å². The Morgan fingerprint density at radius 2 is 0.966 bits per heavy atom. The molecule has 2 unspecified atom stereocenters. The standard InChI is InChI=1S/C49H76N2O7/c1-3-5-7-9-11-13-15-17-19-21-23-25-27-30-34-38-44(39-35-31-29-32-36-40-46(53)50-42-47(54)51-45(43-52)49(56)57)58-48(55)41-37-33-28-26-24-22-20-18-16-14-12-10-8-6-4-2/h5-8,11-14,17-20,23-26,33,37,44-45,52H,3-4,9-10,15-16,21-22,27-32,34-36,38-43H2,1-2H3,(H,50,53)(H,51,54)(H,56,57)/b7-5-,8-6-,13-11-,14-12-,19-17-,20-18-,25-23-,26-24-,37-33-. The minimum atomic E-state index is -1.40. The van der Waals surface area contributed by atoms with E-state index < -0.39 is 24.5 Å². The fourth-order valence-corrected chi connectivity index (χ4v) is 5.54. The van der Waals surface area contributed by atoms with E-state index in [0.717, 1.165) is 116 Å². The number of carbonyl (C=O) groups excluding carboxylic acids is 3. The van der Waals surface area contributed by atoms with Crippen LogP contribution in [0, 0.1) is 0 Å². The van der Waals surface area contributed by atoms with E-state index in [-0.39, 0.29) is 37.4 Å². The zero-order chi connectivity index (χ0) is 42.6. The second-order valence-corrected chi connectivity index (χ2v) is 14.0. The molecular formula is C49H76N2O7. The second kappa shape index (κ2) is 42.1. The van der Waals surface area contributed by atoms with Gasteiger partial charge in [-0.05, 0) is 103 Å². The highest BCUT2D eigenvalue weighted by Crippen LogP contribution is 2.17. The molecule has 0 saturated heterocycles. The van der Waals surface area contributed by atoms with Crippen molar-refractivity contribution in [3.63, 3.8) is 0 Å². The summed E-state index contributed by atoms with van der Waals surface area (Å²) >= 11 is 0. The first kappa shape index (κ1) is 53.5. The summed E-state index contributed by atoms with van der Waals surface area (Å²) in [6.07, 6.45) is 57.0. The van der Waals surface area contributed by atoms with Crippen molar-refractivity contribution in [1.29, 1.82) is 0 Å². The lowest BCUT2D eigenvalue weighted by molar-refractivity contribution is -0.148. The largest absolute Gasteiger partial charge is 0.480 e. The van der Waals surface area contributed by atoms with Gasteiger partial charge in [0.15, 0.2) is 0 Å². The fourth-order valence-electron chi connectivity index (χ4n) is 5.54. The van der Waals surface area contributed by atoms with Gasteiger partial charge in [-0.15, -0.1) is 0 Å². The Morgan fingerprint density at radius 1 is 0.534 bits per heavy atom. The van der Waals surface area contributed by atoms with Gasteiger partial charge < -0.3 is 25.6 Å². The fraction of sp³-hybridized carbons (Fsp3) is 0.551. The van der Waals surface area contributed by atoms with Crippen LogP contribution in [0.5, 0.6) is 0 Å². The number of ether oxygens (including phenoxy) is 1. The molecule has 0 aromatic rings. The zero-order valence-electron chi connectivity index (χ0n) is 35.7. The first-order chi connectivity index (χ1) is 28.3. The van der Waals surface area contributed by atoms with Crippen LogP contribution in [0.1, 0.15) is 149 Å². The number of esters is 1. The molecule has 0 bridgehead atoms. The number of aliphatic hydroxyl groups excluding tert-OH is 1. The molecule has 58 heavy (non-hydrogen) atoms. The van der Waals surface area contributed by atoms with Crippen LogP contribution in [0.3, 0.4) is 0 Å². The number of nitrogens with one attached hydrogen (secondary N) is 2. The summed E-state index contributed by atoms with van der Waals surface area (Å²) in [6.45, 7) is 3.21. The van der Waals surface area contributed by atoms with Crippen LogP contribution >= 0.6 is 0 Å². The van der Waals surface area contributed by atoms with Gasteiger partial charge in [0.05, 0.1) is 19.6 Å². The number of amides is 2. The first-order valence-corrected chi connectivity index (χ1v) is 21.8. The third-order valence-electron chi connectivity index (χ3n) is 8.80. The number of carbonyl (C=O) groups is 4. The maximum atomic E-state index is 12.7. The van der Waals surface area contributed by atoms with Crippen LogP contribution in [0.25, 0.3) is 0 Å². The Bertz CT molecular complexity index is 1340. The molecular weight excluding hydrogens is 729 g/mol. The molecule has 0 fully saturated rings. The van der Waals surface area contributed by atoms with Gasteiger partial charge >= 0.3 is 11.9 Å². The van der Waals surface area contributed by atoms with E-state index in [0.29, 0.717) is 6.42 Å². The molecule has 2 amide bonds. The third kappa shape index (κ3) is 38.4. The summed E-state index contributed by atoms with van der Waals surface area (Å²) in [7, 11) is 0. The number of hydrogen-bond acceptors (Lipinski definition) is 6. The highest BCUT2D eigenvalue weighted by molar-refractivity contribution is 5.87.